The van der Waals surface area contributed by atoms with E-state index in [-0.39, 0.29) is 11.7 Å². The molecule has 0 saturated carbocycles. The van der Waals surface area contributed by atoms with Crippen LogP contribution >= 0.6 is 0 Å². The molecule has 0 atom stereocenters. The summed E-state index contributed by atoms with van der Waals surface area (Å²) in [6, 6.07) is 16.9. The third kappa shape index (κ3) is 6.97. The fourth-order valence-corrected chi connectivity index (χ4v) is 4.02. The standard InChI is InChI=1S/C31H31N5O2/c1-20(2)16-27(37)12-10-23-9-11-26(17-22(23)4)34-30(38)24-8-7-21(3)29(18-24)36-31-33-15-13-28(35-31)25-6-5-14-32-19-25/h5-9,11,13-19H,10,12H2,1-4H3,(H,34,38)(H,33,35,36). The van der Waals surface area contributed by atoms with Crippen molar-refractivity contribution in [3.63, 3.8) is 0 Å². The van der Waals surface area contributed by atoms with Gasteiger partial charge in [0, 0.05) is 47.5 Å². The third-order valence-electron chi connectivity index (χ3n) is 6.05. The molecule has 7 nitrogen and oxygen atoms in total. The molecule has 38 heavy (non-hydrogen) atoms. The third-order valence-corrected chi connectivity index (χ3v) is 6.05. The summed E-state index contributed by atoms with van der Waals surface area (Å²) >= 11 is 0. The number of carbonyl (C=O) groups excluding carboxylic acids is 2. The Hall–Kier alpha value is -4.65. The Balaban J connectivity index is 1.45. The summed E-state index contributed by atoms with van der Waals surface area (Å²) in [5, 5.41) is 6.22. The molecular formula is C31H31N5O2. The normalized spacial score (nSPS) is 10.5. The minimum absolute atomic E-state index is 0.125. The minimum atomic E-state index is -0.219. The number of ketones is 1. The van der Waals surface area contributed by atoms with Crippen LogP contribution in [0, 0.1) is 13.8 Å². The van der Waals surface area contributed by atoms with Gasteiger partial charge in [-0.2, -0.15) is 0 Å². The maximum Gasteiger partial charge on any atom is 0.255 e. The predicted octanol–water partition coefficient (Wildman–Crippen LogP) is 6.62. The van der Waals surface area contributed by atoms with Gasteiger partial charge in [-0.1, -0.05) is 17.7 Å². The predicted molar refractivity (Wildman–Crippen MR) is 152 cm³/mol. The quantitative estimate of drug-likeness (QED) is 0.248. The summed E-state index contributed by atoms with van der Waals surface area (Å²) in [5.74, 6) is 0.338. The van der Waals surface area contributed by atoms with Crippen LogP contribution in [0.4, 0.5) is 17.3 Å². The zero-order chi connectivity index (χ0) is 27.1. The number of benzene rings is 2. The van der Waals surface area contributed by atoms with E-state index in [0.717, 1.165) is 39.2 Å². The van der Waals surface area contributed by atoms with Crippen molar-refractivity contribution in [3.05, 3.63) is 107 Å². The first-order valence-corrected chi connectivity index (χ1v) is 12.5. The van der Waals surface area contributed by atoms with E-state index in [1.54, 1.807) is 36.8 Å². The number of nitrogens with one attached hydrogen (secondary N) is 2. The molecule has 0 saturated heterocycles. The van der Waals surface area contributed by atoms with Crippen molar-refractivity contribution in [3.8, 4) is 11.3 Å². The topological polar surface area (TPSA) is 96.9 Å². The Labute approximate surface area is 223 Å². The number of anilines is 3. The van der Waals surface area contributed by atoms with Crippen molar-refractivity contribution in [2.75, 3.05) is 10.6 Å². The Morgan fingerprint density at radius 1 is 0.947 bits per heavy atom. The highest BCUT2D eigenvalue weighted by Gasteiger charge is 2.12. The lowest BCUT2D eigenvalue weighted by molar-refractivity contribution is -0.114. The molecule has 0 aliphatic rings. The summed E-state index contributed by atoms with van der Waals surface area (Å²) in [5.41, 5.74) is 7.69. The lowest BCUT2D eigenvalue weighted by atomic mass is 10.0. The molecule has 2 heterocycles. The number of aryl methyl sites for hydroxylation is 3. The van der Waals surface area contributed by atoms with Crippen LogP contribution < -0.4 is 10.6 Å². The molecule has 0 fully saturated rings. The fourth-order valence-electron chi connectivity index (χ4n) is 4.02. The second-order valence-corrected chi connectivity index (χ2v) is 9.45. The molecule has 192 valence electrons. The van der Waals surface area contributed by atoms with Gasteiger partial charge in [0.1, 0.15) is 0 Å². The molecule has 0 bridgehead atoms. The molecule has 0 aliphatic heterocycles. The van der Waals surface area contributed by atoms with Gasteiger partial charge in [-0.15, -0.1) is 0 Å². The van der Waals surface area contributed by atoms with Gasteiger partial charge in [-0.25, -0.2) is 9.97 Å². The van der Waals surface area contributed by atoms with Crippen LogP contribution in [0.2, 0.25) is 0 Å². The van der Waals surface area contributed by atoms with Crippen LogP contribution in [-0.4, -0.2) is 26.6 Å². The molecule has 4 aromatic rings. The summed E-state index contributed by atoms with van der Waals surface area (Å²) in [4.78, 5) is 38.1. The highest BCUT2D eigenvalue weighted by atomic mass is 16.1. The van der Waals surface area contributed by atoms with Crippen molar-refractivity contribution >= 4 is 29.0 Å². The summed E-state index contributed by atoms with van der Waals surface area (Å²) in [6.45, 7) is 7.79. The van der Waals surface area contributed by atoms with E-state index in [0.29, 0.717) is 30.0 Å². The average molecular weight is 506 g/mol. The van der Waals surface area contributed by atoms with Crippen LogP contribution in [0.25, 0.3) is 11.3 Å². The Morgan fingerprint density at radius 2 is 1.79 bits per heavy atom. The lowest BCUT2D eigenvalue weighted by Gasteiger charge is -2.13. The number of amides is 1. The first-order chi connectivity index (χ1) is 18.3. The number of carbonyl (C=O) groups is 2. The molecule has 0 spiro atoms. The van der Waals surface area contributed by atoms with Gasteiger partial charge in [-0.05, 0) is 99.3 Å². The lowest BCUT2D eigenvalue weighted by Crippen LogP contribution is -2.13. The zero-order valence-corrected chi connectivity index (χ0v) is 22.1. The van der Waals surface area contributed by atoms with Gasteiger partial charge >= 0.3 is 0 Å². The van der Waals surface area contributed by atoms with Crippen LogP contribution in [0.5, 0.6) is 0 Å². The molecule has 2 aromatic carbocycles. The Kier molecular flexibility index (Phi) is 8.38. The van der Waals surface area contributed by atoms with Crippen molar-refractivity contribution < 1.29 is 9.59 Å². The number of hydrogen-bond acceptors (Lipinski definition) is 6. The van der Waals surface area contributed by atoms with Crippen LogP contribution in [0.1, 0.15) is 47.3 Å². The highest BCUT2D eigenvalue weighted by molar-refractivity contribution is 6.05. The first-order valence-electron chi connectivity index (χ1n) is 12.5. The fraction of sp³-hybridized carbons (Fsp3) is 0.194. The van der Waals surface area contributed by atoms with Gasteiger partial charge in [0.25, 0.3) is 5.91 Å². The second-order valence-electron chi connectivity index (χ2n) is 9.45. The molecule has 7 heteroatoms. The van der Waals surface area contributed by atoms with Crippen molar-refractivity contribution in [1.29, 1.82) is 0 Å². The van der Waals surface area contributed by atoms with E-state index < -0.39 is 0 Å². The van der Waals surface area contributed by atoms with Crippen LogP contribution in [0.15, 0.2) is 84.8 Å². The van der Waals surface area contributed by atoms with E-state index in [1.807, 2.05) is 70.2 Å². The maximum atomic E-state index is 13.1. The highest BCUT2D eigenvalue weighted by Crippen LogP contribution is 2.23. The van der Waals surface area contributed by atoms with E-state index in [4.69, 9.17) is 0 Å². The smallest absolute Gasteiger partial charge is 0.255 e. The van der Waals surface area contributed by atoms with E-state index in [2.05, 4.69) is 25.6 Å². The molecular weight excluding hydrogens is 474 g/mol. The molecule has 2 aromatic heterocycles. The SMILES string of the molecule is CC(C)=CC(=O)CCc1ccc(NC(=O)c2ccc(C)c(Nc3nccc(-c4cccnc4)n3)c2)cc1C. The van der Waals surface area contributed by atoms with Gasteiger partial charge in [-0.3, -0.25) is 14.6 Å². The molecule has 0 radical (unpaired) electrons. The zero-order valence-electron chi connectivity index (χ0n) is 22.1. The summed E-state index contributed by atoms with van der Waals surface area (Å²) < 4.78 is 0. The average Bonchev–Trinajstić information content (AvgIpc) is 2.90. The van der Waals surface area contributed by atoms with Crippen molar-refractivity contribution in [2.45, 2.75) is 40.5 Å². The molecule has 2 N–H and O–H groups in total. The minimum Gasteiger partial charge on any atom is -0.324 e. The summed E-state index contributed by atoms with van der Waals surface area (Å²) in [6.07, 6.45) is 7.96. The van der Waals surface area contributed by atoms with Crippen LogP contribution in [-0.2, 0) is 11.2 Å². The number of nitrogens with zero attached hydrogens (tertiary/aromatic N) is 3. The maximum absolute atomic E-state index is 13.1. The van der Waals surface area contributed by atoms with Gasteiger partial charge in [0.05, 0.1) is 5.69 Å². The van der Waals surface area contributed by atoms with E-state index in [9.17, 15) is 9.59 Å². The molecule has 0 aliphatic carbocycles. The molecule has 4 rings (SSSR count). The van der Waals surface area contributed by atoms with E-state index >= 15 is 0 Å². The number of aromatic nitrogens is 3. The molecule has 0 unspecified atom stereocenters. The van der Waals surface area contributed by atoms with Gasteiger partial charge < -0.3 is 10.6 Å². The Bertz CT molecular complexity index is 1490. The summed E-state index contributed by atoms with van der Waals surface area (Å²) in [7, 11) is 0. The second kappa shape index (κ2) is 12.1. The Morgan fingerprint density at radius 3 is 2.53 bits per heavy atom. The number of pyridine rings is 1. The van der Waals surface area contributed by atoms with Crippen molar-refractivity contribution in [1.82, 2.24) is 15.0 Å². The number of rotatable bonds is 9. The largest absolute Gasteiger partial charge is 0.324 e. The van der Waals surface area contributed by atoms with Crippen LogP contribution in [0.3, 0.4) is 0 Å². The molecule has 1 amide bonds. The van der Waals surface area contributed by atoms with E-state index in [1.165, 1.54) is 0 Å². The van der Waals surface area contributed by atoms with Gasteiger partial charge in [0.15, 0.2) is 5.78 Å². The monoisotopic (exact) mass is 505 g/mol. The number of allylic oxidation sites excluding steroid dienone is 2. The number of hydrogen-bond donors (Lipinski definition) is 2. The van der Waals surface area contributed by atoms with Crippen molar-refractivity contribution in [2.24, 2.45) is 0 Å². The first kappa shape index (κ1) is 26.4. The van der Waals surface area contributed by atoms with Gasteiger partial charge in [0.2, 0.25) is 5.95 Å².